The van der Waals surface area contributed by atoms with Gasteiger partial charge < -0.3 is 5.11 Å². The van der Waals surface area contributed by atoms with Crippen LogP contribution in [0.4, 0.5) is 0 Å². The van der Waals surface area contributed by atoms with Crippen molar-refractivity contribution in [2.24, 2.45) is 0 Å². The molecule has 1 aromatic rings. The summed E-state index contributed by atoms with van der Waals surface area (Å²) in [7, 11) is 0. The minimum Gasteiger partial charge on any atom is -0.381 e. The maximum absolute atomic E-state index is 8.66. The highest BCUT2D eigenvalue weighted by atomic mass is 16.3. The lowest BCUT2D eigenvalue weighted by Crippen LogP contribution is -2.19. The minimum atomic E-state index is 0.0229. The van der Waals surface area contributed by atoms with Crippen molar-refractivity contribution in [2.75, 3.05) is 6.73 Å². The first-order valence-corrected chi connectivity index (χ1v) is 4.15. The normalized spacial score (nSPS) is 12.9. The Morgan fingerprint density at radius 3 is 2.83 bits per heavy atom. The van der Waals surface area contributed by atoms with Crippen molar-refractivity contribution in [3.05, 3.63) is 35.4 Å². The van der Waals surface area contributed by atoms with Crippen LogP contribution in [0.2, 0.25) is 0 Å². The molecule has 1 unspecified atom stereocenters. The van der Waals surface area contributed by atoms with Crippen molar-refractivity contribution in [3.8, 4) is 0 Å². The molecule has 2 heteroatoms. The monoisotopic (exact) mass is 165 g/mol. The van der Waals surface area contributed by atoms with Crippen molar-refractivity contribution >= 4 is 0 Å². The summed E-state index contributed by atoms with van der Waals surface area (Å²) in [5, 5.41) is 11.6. The molecule has 1 rings (SSSR count). The molecule has 2 N–H and O–H groups in total. The summed E-state index contributed by atoms with van der Waals surface area (Å²) in [6.07, 6.45) is 0. The lowest BCUT2D eigenvalue weighted by atomic mass is 10.1. The second kappa shape index (κ2) is 4.24. The van der Waals surface area contributed by atoms with Crippen molar-refractivity contribution in [2.45, 2.75) is 19.9 Å². The van der Waals surface area contributed by atoms with E-state index in [0.29, 0.717) is 0 Å². The summed E-state index contributed by atoms with van der Waals surface area (Å²) >= 11 is 0. The molecule has 66 valence electrons. The van der Waals surface area contributed by atoms with Crippen LogP contribution in [0, 0.1) is 6.92 Å². The fourth-order valence-corrected chi connectivity index (χ4v) is 1.19. The first kappa shape index (κ1) is 9.23. The van der Waals surface area contributed by atoms with Crippen LogP contribution in [0.25, 0.3) is 0 Å². The molecule has 0 aromatic heterocycles. The summed E-state index contributed by atoms with van der Waals surface area (Å²) < 4.78 is 0. The summed E-state index contributed by atoms with van der Waals surface area (Å²) in [5.41, 5.74) is 2.46. The van der Waals surface area contributed by atoms with E-state index in [1.807, 2.05) is 13.0 Å². The van der Waals surface area contributed by atoms with Crippen molar-refractivity contribution in [1.82, 2.24) is 5.32 Å². The Kier molecular flexibility index (Phi) is 3.26. The van der Waals surface area contributed by atoms with Gasteiger partial charge in [0, 0.05) is 6.04 Å². The van der Waals surface area contributed by atoms with Gasteiger partial charge in [0.25, 0.3) is 0 Å². The lowest BCUT2D eigenvalue weighted by molar-refractivity contribution is 0.245. The molecule has 0 amide bonds. The maximum atomic E-state index is 8.66. The zero-order valence-corrected chi connectivity index (χ0v) is 7.54. The van der Waals surface area contributed by atoms with Crippen LogP contribution in [0.3, 0.4) is 0 Å². The molecule has 0 fully saturated rings. The third kappa shape index (κ3) is 2.32. The first-order valence-electron chi connectivity index (χ1n) is 4.15. The highest BCUT2D eigenvalue weighted by molar-refractivity contribution is 5.24. The Morgan fingerprint density at radius 1 is 1.50 bits per heavy atom. The number of hydrogen-bond donors (Lipinski definition) is 2. The molecule has 0 aliphatic carbocycles. The smallest absolute Gasteiger partial charge is 0.0936 e. The second-order valence-corrected chi connectivity index (χ2v) is 3.00. The maximum Gasteiger partial charge on any atom is 0.0936 e. The quantitative estimate of drug-likeness (QED) is 0.667. The van der Waals surface area contributed by atoms with Gasteiger partial charge in [-0.05, 0) is 19.4 Å². The van der Waals surface area contributed by atoms with Gasteiger partial charge in [0.05, 0.1) is 6.73 Å². The Labute approximate surface area is 73.2 Å². The molecule has 0 spiro atoms. The summed E-state index contributed by atoms with van der Waals surface area (Å²) in [6, 6.07) is 8.48. The molecular formula is C10H15NO. The van der Waals surface area contributed by atoms with Gasteiger partial charge in [-0.25, -0.2) is 0 Å². The molecule has 0 aliphatic rings. The zero-order chi connectivity index (χ0) is 8.97. The van der Waals surface area contributed by atoms with Gasteiger partial charge in [-0.1, -0.05) is 29.8 Å². The van der Waals surface area contributed by atoms with E-state index in [-0.39, 0.29) is 12.8 Å². The topological polar surface area (TPSA) is 32.3 Å². The Balaban J connectivity index is 2.73. The average Bonchev–Trinajstić information content (AvgIpc) is 2.05. The SMILES string of the molecule is Cc1cccc(C(C)NCO)c1. The molecule has 0 aliphatic heterocycles. The molecule has 0 heterocycles. The van der Waals surface area contributed by atoms with E-state index in [4.69, 9.17) is 5.11 Å². The summed E-state index contributed by atoms with van der Waals surface area (Å²) in [4.78, 5) is 0. The third-order valence-electron chi connectivity index (χ3n) is 1.94. The molecular weight excluding hydrogens is 150 g/mol. The van der Waals surface area contributed by atoms with Crippen molar-refractivity contribution < 1.29 is 5.11 Å². The van der Waals surface area contributed by atoms with Gasteiger partial charge in [0.2, 0.25) is 0 Å². The number of rotatable bonds is 3. The van der Waals surface area contributed by atoms with Gasteiger partial charge in [0.15, 0.2) is 0 Å². The van der Waals surface area contributed by atoms with Crippen LogP contribution in [0.5, 0.6) is 0 Å². The molecule has 0 bridgehead atoms. The molecule has 12 heavy (non-hydrogen) atoms. The Morgan fingerprint density at radius 2 is 2.25 bits per heavy atom. The number of aliphatic hydroxyl groups excluding tert-OH is 1. The third-order valence-corrected chi connectivity index (χ3v) is 1.94. The van der Waals surface area contributed by atoms with E-state index in [1.54, 1.807) is 0 Å². The second-order valence-electron chi connectivity index (χ2n) is 3.00. The van der Waals surface area contributed by atoms with Crippen LogP contribution in [-0.2, 0) is 0 Å². The zero-order valence-electron chi connectivity index (χ0n) is 7.54. The van der Waals surface area contributed by atoms with Gasteiger partial charge >= 0.3 is 0 Å². The number of hydrogen-bond acceptors (Lipinski definition) is 2. The Bertz CT molecular complexity index is 247. The summed E-state index contributed by atoms with van der Waals surface area (Å²) in [6.45, 7) is 4.12. The Hall–Kier alpha value is -0.860. The fourth-order valence-electron chi connectivity index (χ4n) is 1.19. The van der Waals surface area contributed by atoms with Crippen LogP contribution in [0.15, 0.2) is 24.3 Å². The van der Waals surface area contributed by atoms with Crippen LogP contribution < -0.4 is 5.32 Å². The predicted octanol–water partition coefficient (Wildman–Crippen LogP) is 1.60. The van der Waals surface area contributed by atoms with E-state index in [9.17, 15) is 0 Å². The van der Waals surface area contributed by atoms with Gasteiger partial charge in [-0.3, -0.25) is 5.32 Å². The van der Waals surface area contributed by atoms with Crippen molar-refractivity contribution in [3.63, 3.8) is 0 Å². The highest BCUT2D eigenvalue weighted by Crippen LogP contribution is 2.12. The van der Waals surface area contributed by atoms with Crippen molar-refractivity contribution in [1.29, 1.82) is 0 Å². The molecule has 0 saturated heterocycles. The highest BCUT2D eigenvalue weighted by Gasteiger charge is 2.02. The largest absolute Gasteiger partial charge is 0.381 e. The fraction of sp³-hybridized carbons (Fsp3) is 0.400. The van der Waals surface area contributed by atoms with Gasteiger partial charge in [0.1, 0.15) is 0 Å². The van der Waals surface area contributed by atoms with Gasteiger partial charge in [-0.2, -0.15) is 0 Å². The van der Waals surface area contributed by atoms with E-state index in [1.165, 1.54) is 11.1 Å². The predicted molar refractivity (Wildman–Crippen MR) is 49.8 cm³/mol. The minimum absolute atomic E-state index is 0.0229. The number of aryl methyl sites for hydroxylation is 1. The first-order chi connectivity index (χ1) is 5.74. The van der Waals surface area contributed by atoms with Crippen LogP contribution >= 0.6 is 0 Å². The molecule has 2 nitrogen and oxygen atoms in total. The number of aliphatic hydroxyl groups is 1. The number of nitrogens with one attached hydrogen (secondary N) is 1. The number of benzene rings is 1. The van der Waals surface area contributed by atoms with E-state index < -0.39 is 0 Å². The van der Waals surface area contributed by atoms with Crippen LogP contribution in [0.1, 0.15) is 24.1 Å². The molecule has 0 saturated carbocycles. The standard InChI is InChI=1S/C10H15NO/c1-8-4-3-5-10(6-8)9(2)11-7-12/h3-6,9,11-12H,7H2,1-2H3. The molecule has 1 aromatic carbocycles. The molecule has 0 radical (unpaired) electrons. The van der Waals surface area contributed by atoms with E-state index in [0.717, 1.165) is 0 Å². The van der Waals surface area contributed by atoms with E-state index in [2.05, 4.69) is 30.4 Å². The van der Waals surface area contributed by atoms with Crippen LogP contribution in [-0.4, -0.2) is 11.8 Å². The van der Waals surface area contributed by atoms with Gasteiger partial charge in [-0.15, -0.1) is 0 Å². The van der Waals surface area contributed by atoms with E-state index >= 15 is 0 Å². The molecule has 1 atom stereocenters. The summed E-state index contributed by atoms with van der Waals surface area (Å²) in [5.74, 6) is 0. The lowest BCUT2D eigenvalue weighted by Gasteiger charge is -2.12. The average molecular weight is 165 g/mol.